The minimum atomic E-state index is -2.62. The molecule has 0 aliphatic heterocycles. The van der Waals surface area contributed by atoms with E-state index in [1.165, 1.54) is 0 Å². The Morgan fingerprint density at radius 1 is 1.36 bits per heavy atom. The third kappa shape index (κ3) is 3.88. The van der Waals surface area contributed by atoms with Crippen molar-refractivity contribution in [3.05, 3.63) is 0 Å². The molecule has 4 heteroatoms. The fourth-order valence-electron chi connectivity index (χ4n) is 2.14. The van der Waals surface area contributed by atoms with E-state index >= 15 is 0 Å². The monoisotopic (exact) mass is 207 g/mol. The molecular formula is C10H19F2NO. The molecule has 1 rings (SSSR count). The lowest BCUT2D eigenvalue weighted by molar-refractivity contribution is -0.183. The Bertz CT molecular complexity index is 155. The Hall–Kier alpha value is -0.220. The van der Waals surface area contributed by atoms with Crippen LogP contribution in [0.25, 0.3) is 0 Å². The topological polar surface area (TPSA) is 21.3 Å². The van der Waals surface area contributed by atoms with Crippen LogP contribution in [0.15, 0.2) is 0 Å². The van der Waals surface area contributed by atoms with Gasteiger partial charge in [0.1, 0.15) is 0 Å². The summed E-state index contributed by atoms with van der Waals surface area (Å²) in [5.74, 6) is 0.310. The SMILES string of the molecule is CNCCC1CCCCC1OC(F)F. The van der Waals surface area contributed by atoms with Crippen molar-refractivity contribution in [2.45, 2.75) is 44.8 Å². The van der Waals surface area contributed by atoms with E-state index in [9.17, 15) is 8.78 Å². The van der Waals surface area contributed by atoms with Crippen LogP contribution in [0.5, 0.6) is 0 Å². The Morgan fingerprint density at radius 2 is 2.07 bits per heavy atom. The quantitative estimate of drug-likeness (QED) is 0.747. The maximum atomic E-state index is 12.1. The first kappa shape index (κ1) is 11.9. The third-order valence-electron chi connectivity index (χ3n) is 2.88. The number of hydrogen-bond donors (Lipinski definition) is 1. The smallest absolute Gasteiger partial charge is 0.320 e. The number of nitrogens with one attached hydrogen (secondary N) is 1. The molecule has 0 spiro atoms. The maximum absolute atomic E-state index is 12.1. The van der Waals surface area contributed by atoms with E-state index in [0.717, 1.165) is 38.6 Å². The van der Waals surface area contributed by atoms with Gasteiger partial charge in [-0.2, -0.15) is 8.78 Å². The summed E-state index contributed by atoms with van der Waals surface area (Å²) in [5, 5.41) is 3.05. The van der Waals surface area contributed by atoms with E-state index in [0.29, 0.717) is 5.92 Å². The highest BCUT2D eigenvalue weighted by molar-refractivity contribution is 4.76. The molecule has 0 heterocycles. The molecule has 2 nitrogen and oxygen atoms in total. The Balaban J connectivity index is 2.33. The zero-order chi connectivity index (χ0) is 10.4. The Kier molecular flexibility index (Phi) is 5.33. The minimum Gasteiger partial charge on any atom is -0.320 e. The molecule has 0 amide bonds. The normalized spacial score (nSPS) is 28.3. The second-order valence-corrected chi connectivity index (χ2v) is 3.87. The van der Waals surface area contributed by atoms with Crippen LogP contribution in [0.3, 0.4) is 0 Å². The van der Waals surface area contributed by atoms with Gasteiger partial charge in [-0.15, -0.1) is 0 Å². The van der Waals surface area contributed by atoms with E-state index in [1.807, 2.05) is 7.05 Å². The number of hydrogen-bond acceptors (Lipinski definition) is 2. The summed E-state index contributed by atoms with van der Waals surface area (Å²) in [7, 11) is 1.88. The zero-order valence-corrected chi connectivity index (χ0v) is 8.64. The molecule has 2 atom stereocenters. The van der Waals surface area contributed by atoms with Crippen molar-refractivity contribution < 1.29 is 13.5 Å². The molecule has 0 aromatic rings. The molecule has 0 bridgehead atoms. The molecule has 84 valence electrons. The van der Waals surface area contributed by atoms with Crippen molar-refractivity contribution in [2.75, 3.05) is 13.6 Å². The average Bonchev–Trinajstić information content (AvgIpc) is 2.16. The molecule has 14 heavy (non-hydrogen) atoms. The van der Waals surface area contributed by atoms with E-state index in [2.05, 4.69) is 10.1 Å². The number of alkyl halides is 2. The summed E-state index contributed by atoms with van der Waals surface area (Å²) in [5.41, 5.74) is 0. The zero-order valence-electron chi connectivity index (χ0n) is 8.64. The van der Waals surface area contributed by atoms with Crippen LogP contribution in [0, 0.1) is 5.92 Å². The van der Waals surface area contributed by atoms with Crippen LogP contribution in [-0.2, 0) is 4.74 Å². The minimum absolute atomic E-state index is 0.225. The first-order valence-electron chi connectivity index (χ1n) is 5.32. The van der Waals surface area contributed by atoms with Crippen LogP contribution < -0.4 is 5.32 Å². The first-order chi connectivity index (χ1) is 6.74. The molecule has 1 aliphatic rings. The van der Waals surface area contributed by atoms with Gasteiger partial charge >= 0.3 is 6.61 Å². The lowest BCUT2D eigenvalue weighted by atomic mass is 9.84. The highest BCUT2D eigenvalue weighted by Gasteiger charge is 2.27. The first-order valence-corrected chi connectivity index (χ1v) is 5.32. The fourth-order valence-corrected chi connectivity index (χ4v) is 2.14. The lowest BCUT2D eigenvalue weighted by Crippen LogP contribution is -2.31. The predicted octanol–water partition coefficient (Wildman–Crippen LogP) is 2.39. The largest absolute Gasteiger partial charge is 0.345 e. The van der Waals surface area contributed by atoms with E-state index < -0.39 is 6.61 Å². The van der Waals surface area contributed by atoms with Gasteiger partial charge in [-0.05, 0) is 38.8 Å². The molecule has 0 radical (unpaired) electrons. The van der Waals surface area contributed by atoms with Crippen molar-refractivity contribution in [3.63, 3.8) is 0 Å². The maximum Gasteiger partial charge on any atom is 0.345 e. The summed E-state index contributed by atoms with van der Waals surface area (Å²) in [6.07, 6.45) is 4.70. The summed E-state index contributed by atoms with van der Waals surface area (Å²) in [6, 6.07) is 0. The molecule has 1 N–H and O–H groups in total. The number of halogens is 2. The van der Waals surface area contributed by atoms with Gasteiger partial charge in [0.05, 0.1) is 6.10 Å². The van der Waals surface area contributed by atoms with Crippen molar-refractivity contribution in [2.24, 2.45) is 5.92 Å². The van der Waals surface area contributed by atoms with Crippen molar-refractivity contribution in [1.29, 1.82) is 0 Å². The number of rotatable bonds is 5. The van der Waals surface area contributed by atoms with Gasteiger partial charge in [-0.3, -0.25) is 0 Å². The van der Waals surface area contributed by atoms with E-state index in [4.69, 9.17) is 0 Å². The summed E-state index contributed by atoms with van der Waals surface area (Å²) < 4.78 is 28.8. The van der Waals surface area contributed by atoms with Crippen LogP contribution in [0.1, 0.15) is 32.1 Å². The van der Waals surface area contributed by atoms with Crippen molar-refractivity contribution in [1.82, 2.24) is 5.32 Å². The standard InChI is InChI=1S/C10H19F2NO/c1-13-7-6-8-4-2-3-5-9(8)14-10(11)12/h8-10,13H,2-7H2,1H3. The van der Waals surface area contributed by atoms with Crippen molar-refractivity contribution >= 4 is 0 Å². The summed E-state index contributed by atoms with van der Waals surface area (Å²) in [6.45, 7) is -1.73. The van der Waals surface area contributed by atoms with Gasteiger partial charge in [-0.25, -0.2) is 0 Å². The summed E-state index contributed by atoms with van der Waals surface area (Å²) in [4.78, 5) is 0. The molecule has 1 aliphatic carbocycles. The Morgan fingerprint density at radius 3 is 2.71 bits per heavy atom. The highest BCUT2D eigenvalue weighted by atomic mass is 19.3. The molecule has 0 saturated heterocycles. The van der Waals surface area contributed by atoms with Gasteiger partial charge in [0, 0.05) is 0 Å². The predicted molar refractivity (Wildman–Crippen MR) is 51.4 cm³/mol. The van der Waals surface area contributed by atoms with Gasteiger partial charge in [-0.1, -0.05) is 12.8 Å². The second kappa shape index (κ2) is 6.30. The number of ether oxygens (including phenoxy) is 1. The average molecular weight is 207 g/mol. The Labute approximate surface area is 84.0 Å². The van der Waals surface area contributed by atoms with Gasteiger partial charge in [0.2, 0.25) is 0 Å². The summed E-state index contributed by atoms with van der Waals surface area (Å²) >= 11 is 0. The molecule has 0 aromatic heterocycles. The highest BCUT2D eigenvalue weighted by Crippen LogP contribution is 2.30. The van der Waals surface area contributed by atoms with Crippen LogP contribution in [0.2, 0.25) is 0 Å². The molecule has 1 saturated carbocycles. The van der Waals surface area contributed by atoms with Gasteiger partial charge in [0.15, 0.2) is 0 Å². The lowest BCUT2D eigenvalue weighted by Gasteiger charge is -2.31. The van der Waals surface area contributed by atoms with Crippen LogP contribution >= 0.6 is 0 Å². The molecular weight excluding hydrogens is 188 g/mol. The van der Waals surface area contributed by atoms with Crippen LogP contribution in [-0.4, -0.2) is 26.3 Å². The molecule has 1 fully saturated rings. The second-order valence-electron chi connectivity index (χ2n) is 3.87. The van der Waals surface area contributed by atoms with E-state index in [1.54, 1.807) is 0 Å². The molecule has 0 aromatic carbocycles. The fraction of sp³-hybridized carbons (Fsp3) is 1.00. The van der Waals surface area contributed by atoms with Crippen LogP contribution in [0.4, 0.5) is 8.78 Å². The van der Waals surface area contributed by atoms with Crippen molar-refractivity contribution in [3.8, 4) is 0 Å². The van der Waals surface area contributed by atoms with E-state index in [-0.39, 0.29) is 6.10 Å². The molecule has 2 unspecified atom stereocenters. The van der Waals surface area contributed by atoms with Gasteiger partial charge in [0.25, 0.3) is 0 Å². The van der Waals surface area contributed by atoms with Gasteiger partial charge < -0.3 is 10.1 Å². The third-order valence-corrected chi connectivity index (χ3v) is 2.88.